The summed E-state index contributed by atoms with van der Waals surface area (Å²) in [6.45, 7) is 12.0. The first-order valence-corrected chi connectivity index (χ1v) is 10.5. The lowest BCUT2D eigenvalue weighted by molar-refractivity contribution is 0.120. The Balaban J connectivity index is 2.40. The van der Waals surface area contributed by atoms with Crippen molar-refractivity contribution in [1.82, 2.24) is 0 Å². The van der Waals surface area contributed by atoms with Crippen LogP contribution in [0.15, 0.2) is 23.3 Å². The van der Waals surface area contributed by atoms with Gasteiger partial charge in [0.2, 0.25) is 0 Å². The fraction of sp³-hybridized carbons (Fsp3) is 0.826. The van der Waals surface area contributed by atoms with E-state index in [1.54, 1.807) is 5.57 Å². The van der Waals surface area contributed by atoms with E-state index in [1.807, 2.05) is 5.57 Å². The minimum Gasteiger partial charge on any atom is -0.0801 e. The fourth-order valence-corrected chi connectivity index (χ4v) is 5.60. The van der Waals surface area contributed by atoms with Crippen LogP contribution in [0.4, 0.5) is 0 Å². The molecule has 0 bridgehead atoms. The second-order valence-electron chi connectivity index (χ2n) is 8.43. The van der Waals surface area contributed by atoms with Crippen molar-refractivity contribution in [2.75, 3.05) is 0 Å². The van der Waals surface area contributed by atoms with E-state index in [9.17, 15) is 0 Å². The molecule has 0 saturated heterocycles. The molecule has 0 saturated carbocycles. The summed E-state index contributed by atoms with van der Waals surface area (Å²) in [5.41, 5.74) is 4.16. The van der Waals surface area contributed by atoms with Gasteiger partial charge in [-0.2, -0.15) is 0 Å². The molecule has 0 aliphatic heterocycles. The van der Waals surface area contributed by atoms with Gasteiger partial charge in [-0.15, -0.1) is 0 Å². The van der Waals surface area contributed by atoms with Crippen molar-refractivity contribution in [3.8, 4) is 0 Å². The molecule has 0 aromatic heterocycles. The first-order valence-electron chi connectivity index (χ1n) is 10.5. The van der Waals surface area contributed by atoms with E-state index in [1.165, 1.54) is 64.2 Å². The highest BCUT2D eigenvalue weighted by Gasteiger charge is 2.52. The highest BCUT2D eigenvalue weighted by atomic mass is 14.6. The van der Waals surface area contributed by atoms with Gasteiger partial charge in [0.1, 0.15) is 0 Å². The topological polar surface area (TPSA) is 0 Å². The maximum atomic E-state index is 2.54. The van der Waals surface area contributed by atoms with Crippen LogP contribution in [0.25, 0.3) is 0 Å². The first kappa shape index (κ1) is 18.8. The highest BCUT2D eigenvalue weighted by molar-refractivity contribution is 5.46. The van der Waals surface area contributed by atoms with E-state index in [0.29, 0.717) is 5.41 Å². The van der Waals surface area contributed by atoms with Gasteiger partial charge in [-0.1, -0.05) is 90.9 Å². The lowest BCUT2D eigenvalue weighted by atomic mass is 9.62. The third-order valence-corrected chi connectivity index (χ3v) is 6.59. The standard InChI is InChI=1S/C23H40/c1-6-9-14-21-22(18(4)5)19-13-12-15-20(19)23(21,16-10-7-2)17-11-8-3/h12,15,18,21-22H,6-11,13-14,16-17H2,1-5H3. The second kappa shape index (κ2) is 8.54. The van der Waals surface area contributed by atoms with Gasteiger partial charge in [0.05, 0.1) is 0 Å². The summed E-state index contributed by atoms with van der Waals surface area (Å²) in [5.74, 6) is 2.56. The Morgan fingerprint density at radius 3 is 2.13 bits per heavy atom. The Labute approximate surface area is 145 Å². The minimum absolute atomic E-state index is 0.512. The molecule has 0 heterocycles. The Morgan fingerprint density at radius 1 is 1.00 bits per heavy atom. The zero-order chi connectivity index (χ0) is 16.9. The summed E-state index contributed by atoms with van der Waals surface area (Å²) in [6, 6.07) is 0. The van der Waals surface area contributed by atoms with Crippen molar-refractivity contribution in [2.24, 2.45) is 23.2 Å². The van der Waals surface area contributed by atoms with Gasteiger partial charge in [-0.25, -0.2) is 0 Å². The predicted molar refractivity (Wildman–Crippen MR) is 104 cm³/mol. The summed E-state index contributed by atoms with van der Waals surface area (Å²) < 4.78 is 0. The van der Waals surface area contributed by atoms with Gasteiger partial charge in [-0.3, -0.25) is 0 Å². The van der Waals surface area contributed by atoms with E-state index >= 15 is 0 Å². The average molecular weight is 317 g/mol. The third kappa shape index (κ3) is 3.62. The summed E-state index contributed by atoms with van der Waals surface area (Å²) in [7, 11) is 0. The average Bonchev–Trinajstić information content (AvgIpc) is 3.09. The lowest BCUT2D eigenvalue weighted by Crippen LogP contribution is -2.33. The zero-order valence-corrected chi connectivity index (χ0v) is 16.5. The molecule has 0 heteroatoms. The Bertz CT molecular complexity index is 415. The Hall–Kier alpha value is -0.520. The second-order valence-corrected chi connectivity index (χ2v) is 8.43. The van der Waals surface area contributed by atoms with Crippen molar-refractivity contribution in [3.05, 3.63) is 23.3 Å². The van der Waals surface area contributed by atoms with Crippen LogP contribution in [0.2, 0.25) is 0 Å². The normalized spacial score (nSPS) is 25.7. The maximum absolute atomic E-state index is 2.54. The molecule has 0 aromatic carbocycles. The quantitative estimate of drug-likeness (QED) is 0.387. The van der Waals surface area contributed by atoms with Crippen LogP contribution in [0, 0.1) is 23.2 Å². The van der Waals surface area contributed by atoms with Gasteiger partial charge in [0, 0.05) is 0 Å². The molecule has 23 heavy (non-hydrogen) atoms. The number of unbranched alkanes of at least 4 members (excludes halogenated alkanes) is 3. The van der Waals surface area contributed by atoms with Crippen molar-refractivity contribution in [1.29, 1.82) is 0 Å². The number of allylic oxidation sites excluding steroid dienone is 4. The fourth-order valence-electron chi connectivity index (χ4n) is 5.60. The van der Waals surface area contributed by atoms with E-state index in [0.717, 1.165) is 17.8 Å². The van der Waals surface area contributed by atoms with Gasteiger partial charge in [-0.05, 0) is 54.4 Å². The summed E-state index contributed by atoms with van der Waals surface area (Å²) >= 11 is 0. The molecule has 2 unspecified atom stereocenters. The summed E-state index contributed by atoms with van der Waals surface area (Å²) in [5, 5.41) is 0. The molecular formula is C23H40. The Kier molecular flexibility index (Phi) is 6.99. The third-order valence-electron chi connectivity index (χ3n) is 6.59. The minimum atomic E-state index is 0.512. The number of hydrogen-bond acceptors (Lipinski definition) is 0. The predicted octanol–water partition coefficient (Wildman–Crippen LogP) is 7.70. The van der Waals surface area contributed by atoms with E-state index in [-0.39, 0.29) is 0 Å². The van der Waals surface area contributed by atoms with Crippen molar-refractivity contribution < 1.29 is 0 Å². The molecule has 0 radical (unpaired) electrons. The summed E-state index contributed by atoms with van der Waals surface area (Å²) in [4.78, 5) is 0. The molecule has 2 aliphatic carbocycles. The van der Waals surface area contributed by atoms with Gasteiger partial charge in [0.15, 0.2) is 0 Å². The molecule has 2 aliphatic rings. The maximum Gasteiger partial charge on any atom is -0.00133 e. The monoisotopic (exact) mass is 316 g/mol. The van der Waals surface area contributed by atoms with E-state index < -0.39 is 0 Å². The Morgan fingerprint density at radius 2 is 1.61 bits per heavy atom. The van der Waals surface area contributed by atoms with Gasteiger partial charge in [0.25, 0.3) is 0 Å². The number of hydrogen-bond donors (Lipinski definition) is 0. The SMILES string of the molecule is CCCCC1C(C(C)C)C2=C(C=CC2)C1(CCCC)CCCC. The summed E-state index contributed by atoms with van der Waals surface area (Å²) in [6.07, 6.45) is 18.8. The van der Waals surface area contributed by atoms with Crippen LogP contribution in [0.3, 0.4) is 0 Å². The van der Waals surface area contributed by atoms with Crippen LogP contribution in [0.1, 0.15) is 98.8 Å². The largest absolute Gasteiger partial charge is 0.0801 e. The van der Waals surface area contributed by atoms with Crippen LogP contribution in [0.5, 0.6) is 0 Å². The molecule has 132 valence electrons. The van der Waals surface area contributed by atoms with E-state index in [2.05, 4.69) is 46.8 Å². The van der Waals surface area contributed by atoms with Crippen molar-refractivity contribution >= 4 is 0 Å². The molecule has 0 fully saturated rings. The molecule has 2 rings (SSSR count). The highest BCUT2D eigenvalue weighted by Crippen LogP contribution is 2.62. The zero-order valence-electron chi connectivity index (χ0n) is 16.5. The van der Waals surface area contributed by atoms with Crippen LogP contribution >= 0.6 is 0 Å². The molecule has 2 atom stereocenters. The van der Waals surface area contributed by atoms with Crippen LogP contribution in [-0.4, -0.2) is 0 Å². The molecule has 0 spiro atoms. The molecule has 0 amide bonds. The molecule has 0 aromatic rings. The molecular weight excluding hydrogens is 276 g/mol. The smallest absolute Gasteiger partial charge is 0.00133 e. The van der Waals surface area contributed by atoms with Gasteiger partial charge >= 0.3 is 0 Å². The molecule has 0 N–H and O–H groups in total. The number of rotatable bonds is 10. The lowest BCUT2D eigenvalue weighted by Gasteiger charge is -2.42. The van der Waals surface area contributed by atoms with E-state index in [4.69, 9.17) is 0 Å². The first-order chi connectivity index (χ1) is 11.1. The molecule has 0 nitrogen and oxygen atoms in total. The van der Waals surface area contributed by atoms with Crippen LogP contribution in [-0.2, 0) is 0 Å². The van der Waals surface area contributed by atoms with Crippen molar-refractivity contribution in [2.45, 2.75) is 98.8 Å². The van der Waals surface area contributed by atoms with Gasteiger partial charge < -0.3 is 0 Å². The van der Waals surface area contributed by atoms with Crippen molar-refractivity contribution in [3.63, 3.8) is 0 Å². The van der Waals surface area contributed by atoms with Crippen LogP contribution < -0.4 is 0 Å².